The van der Waals surface area contributed by atoms with Crippen LogP contribution in [0.3, 0.4) is 0 Å². The molecule has 3 aliphatic carbocycles. The van der Waals surface area contributed by atoms with Gasteiger partial charge in [0, 0.05) is 26.4 Å². The van der Waals surface area contributed by atoms with Crippen LogP contribution >= 0.6 is 0 Å². The third-order valence-electron chi connectivity index (χ3n) is 11.4. The zero-order chi connectivity index (χ0) is 36.2. The van der Waals surface area contributed by atoms with Crippen molar-refractivity contribution in [2.75, 3.05) is 39.6 Å². The van der Waals surface area contributed by atoms with Gasteiger partial charge in [0.1, 0.15) is 11.5 Å². The molecule has 290 valence electrons. The Morgan fingerprint density at radius 2 is 0.962 bits per heavy atom. The van der Waals surface area contributed by atoms with Gasteiger partial charge in [-0.05, 0) is 156 Å². The maximum absolute atomic E-state index is 13.1. The molecule has 5 aliphatic rings. The van der Waals surface area contributed by atoms with Crippen molar-refractivity contribution in [1.82, 2.24) is 0 Å². The number of ether oxygens (including phenoxy) is 8. The van der Waals surface area contributed by atoms with E-state index in [9.17, 15) is 9.59 Å². The molecule has 0 amide bonds. The Hall–Kier alpha value is -2.86. The summed E-state index contributed by atoms with van der Waals surface area (Å²) in [7, 11) is 0. The van der Waals surface area contributed by atoms with Gasteiger partial charge >= 0.3 is 11.9 Å². The SMILES string of the molecule is O=C(Oc1ccc2c(c1)Cc1cc(OC(=O)C3CCC(OCCCOC4CCCCO4)CC3)ccc1-2)C1CCC(OCCCOC2CCCCO2)CC1. The Kier molecular flexibility index (Phi) is 14.2. The second-order valence-corrected chi connectivity index (χ2v) is 15.4. The highest BCUT2D eigenvalue weighted by atomic mass is 16.7. The summed E-state index contributed by atoms with van der Waals surface area (Å²) in [6, 6.07) is 11.8. The van der Waals surface area contributed by atoms with Gasteiger partial charge < -0.3 is 37.9 Å². The fourth-order valence-electron chi connectivity index (χ4n) is 8.35. The molecule has 0 bridgehead atoms. The summed E-state index contributed by atoms with van der Waals surface area (Å²) in [6.45, 7) is 4.23. The molecule has 0 spiro atoms. The van der Waals surface area contributed by atoms with Gasteiger partial charge in [-0.3, -0.25) is 9.59 Å². The lowest BCUT2D eigenvalue weighted by atomic mass is 9.87. The number of hydrogen-bond donors (Lipinski definition) is 0. The molecule has 2 unspecified atom stereocenters. The first-order chi connectivity index (χ1) is 26.1. The average molecular weight is 735 g/mol. The van der Waals surface area contributed by atoms with Crippen molar-refractivity contribution in [2.24, 2.45) is 11.8 Å². The third-order valence-corrected chi connectivity index (χ3v) is 11.4. The van der Waals surface area contributed by atoms with E-state index in [1.54, 1.807) is 0 Å². The minimum atomic E-state index is -0.162. The molecule has 2 atom stereocenters. The molecule has 2 aromatic carbocycles. The van der Waals surface area contributed by atoms with Crippen LogP contribution in [-0.2, 0) is 44.4 Å². The normalized spacial score (nSPS) is 27.1. The molecule has 7 rings (SSSR count). The van der Waals surface area contributed by atoms with Crippen LogP contribution in [0.1, 0.15) is 114 Å². The molecule has 0 N–H and O–H groups in total. The molecule has 0 aromatic heterocycles. The Morgan fingerprint density at radius 1 is 0.528 bits per heavy atom. The molecule has 4 fully saturated rings. The Morgan fingerprint density at radius 3 is 1.38 bits per heavy atom. The minimum Gasteiger partial charge on any atom is -0.426 e. The van der Waals surface area contributed by atoms with Crippen molar-refractivity contribution >= 4 is 11.9 Å². The molecule has 10 nitrogen and oxygen atoms in total. The van der Waals surface area contributed by atoms with Gasteiger partial charge in [-0.25, -0.2) is 0 Å². The number of fused-ring (bicyclic) bond motifs is 3. The van der Waals surface area contributed by atoms with Crippen LogP contribution in [0, 0.1) is 11.8 Å². The summed E-state index contributed by atoms with van der Waals surface area (Å²) in [5.74, 6) is 0.609. The predicted octanol–water partition coefficient (Wildman–Crippen LogP) is 8.09. The van der Waals surface area contributed by atoms with E-state index in [0.717, 1.165) is 125 Å². The largest absolute Gasteiger partial charge is 0.426 e. The van der Waals surface area contributed by atoms with Gasteiger partial charge in [0.2, 0.25) is 0 Å². The summed E-state index contributed by atoms with van der Waals surface area (Å²) < 4.78 is 46.8. The molecule has 2 heterocycles. The quantitative estimate of drug-likeness (QED) is 0.0814. The van der Waals surface area contributed by atoms with E-state index < -0.39 is 0 Å². The highest BCUT2D eigenvalue weighted by molar-refractivity contribution is 5.81. The summed E-state index contributed by atoms with van der Waals surface area (Å²) in [5.41, 5.74) is 4.47. The second-order valence-electron chi connectivity index (χ2n) is 15.4. The first-order valence-electron chi connectivity index (χ1n) is 20.5. The second kappa shape index (κ2) is 19.6. The van der Waals surface area contributed by atoms with E-state index >= 15 is 0 Å². The highest BCUT2D eigenvalue weighted by Gasteiger charge is 2.30. The van der Waals surface area contributed by atoms with E-state index in [-0.39, 0.29) is 48.6 Å². The number of esters is 2. The highest BCUT2D eigenvalue weighted by Crippen LogP contribution is 2.40. The van der Waals surface area contributed by atoms with E-state index in [1.165, 1.54) is 12.8 Å². The summed E-state index contributed by atoms with van der Waals surface area (Å²) in [6.07, 6.45) is 15.7. The van der Waals surface area contributed by atoms with E-state index in [2.05, 4.69) is 0 Å². The first kappa shape index (κ1) is 38.4. The Balaban J connectivity index is 0.786. The van der Waals surface area contributed by atoms with E-state index in [0.29, 0.717) is 44.3 Å². The van der Waals surface area contributed by atoms with E-state index in [4.69, 9.17) is 37.9 Å². The Bertz CT molecular complexity index is 1360. The van der Waals surface area contributed by atoms with Crippen molar-refractivity contribution in [3.63, 3.8) is 0 Å². The smallest absolute Gasteiger partial charge is 0.314 e. The molecule has 2 aromatic rings. The van der Waals surface area contributed by atoms with Crippen LogP contribution < -0.4 is 9.47 Å². The average Bonchev–Trinajstić information content (AvgIpc) is 3.56. The number of rotatable bonds is 16. The molecule has 10 heteroatoms. The van der Waals surface area contributed by atoms with Crippen molar-refractivity contribution in [2.45, 2.75) is 134 Å². The van der Waals surface area contributed by atoms with Gasteiger partial charge in [0.15, 0.2) is 12.6 Å². The zero-order valence-corrected chi connectivity index (χ0v) is 31.3. The van der Waals surface area contributed by atoms with Gasteiger partial charge in [-0.2, -0.15) is 0 Å². The fraction of sp³-hybridized carbons (Fsp3) is 0.674. The summed E-state index contributed by atoms with van der Waals surface area (Å²) in [4.78, 5) is 26.2. The van der Waals surface area contributed by atoms with Gasteiger partial charge in [-0.15, -0.1) is 0 Å². The minimum absolute atomic E-state index is 0.0538. The standard InChI is InChI=1S/C43H58O10/c44-42(30-9-13-34(14-10-30)46-23-5-25-50-40-7-1-3-21-48-40)52-36-17-19-38-32(28-36)27-33-29-37(18-20-39(33)38)53-43(45)31-11-15-35(16-12-31)47-24-6-26-51-41-8-2-4-22-49-41/h17-20,28-31,34-35,40-41H,1-16,21-27H2. The fourth-order valence-corrected chi connectivity index (χ4v) is 8.35. The molecular weight excluding hydrogens is 676 g/mol. The van der Waals surface area contributed by atoms with Crippen molar-refractivity contribution < 1.29 is 47.5 Å². The van der Waals surface area contributed by atoms with Crippen molar-refractivity contribution in [3.05, 3.63) is 47.5 Å². The van der Waals surface area contributed by atoms with E-state index in [1.807, 2.05) is 36.4 Å². The van der Waals surface area contributed by atoms with Gasteiger partial charge in [0.05, 0.1) is 37.3 Å². The van der Waals surface area contributed by atoms with Crippen LogP contribution in [0.15, 0.2) is 36.4 Å². The third kappa shape index (κ3) is 11.1. The first-order valence-corrected chi connectivity index (χ1v) is 20.5. The molecule has 2 saturated heterocycles. The molecule has 0 radical (unpaired) electrons. The molecular formula is C43H58O10. The maximum atomic E-state index is 13.1. The monoisotopic (exact) mass is 734 g/mol. The van der Waals surface area contributed by atoms with Crippen LogP contribution in [0.5, 0.6) is 11.5 Å². The predicted molar refractivity (Wildman–Crippen MR) is 198 cm³/mol. The Labute approximate surface area is 314 Å². The van der Waals surface area contributed by atoms with Gasteiger partial charge in [0.25, 0.3) is 0 Å². The number of hydrogen-bond acceptors (Lipinski definition) is 10. The van der Waals surface area contributed by atoms with Crippen molar-refractivity contribution in [3.8, 4) is 22.6 Å². The lowest BCUT2D eigenvalue weighted by molar-refractivity contribution is -0.165. The van der Waals surface area contributed by atoms with Crippen molar-refractivity contribution in [1.29, 1.82) is 0 Å². The number of benzene rings is 2. The van der Waals surface area contributed by atoms with Crippen LogP contribution in [0.2, 0.25) is 0 Å². The topological polar surface area (TPSA) is 108 Å². The maximum Gasteiger partial charge on any atom is 0.314 e. The molecule has 53 heavy (non-hydrogen) atoms. The zero-order valence-electron chi connectivity index (χ0n) is 31.3. The molecule has 2 saturated carbocycles. The lowest BCUT2D eigenvalue weighted by Crippen LogP contribution is -2.29. The van der Waals surface area contributed by atoms with Crippen LogP contribution in [0.4, 0.5) is 0 Å². The number of carbonyl (C=O) groups excluding carboxylic acids is 2. The molecule has 2 aliphatic heterocycles. The lowest BCUT2D eigenvalue weighted by Gasteiger charge is -2.27. The summed E-state index contributed by atoms with van der Waals surface area (Å²) >= 11 is 0. The summed E-state index contributed by atoms with van der Waals surface area (Å²) in [5, 5.41) is 0. The van der Waals surface area contributed by atoms with Crippen LogP contribution in [-0.4, -0.2) is 76.4 Å². The van der Waals surface area contributed by atoms with Gasteiger partial charge in [-0.1, -0.05) is 12.1 Å². The van der Waals surface area contributed by atoms with Crippen LogP contribution in [0.25, 0.3) is 11.1 Å². The number of carbonyl (C=O) groups is 2.